The monoisotopic (exact) mass is 627 g/mol. The third-order valence-corrected chi connectivity index (χ3v) is 10.4. The van der Waals surface area contributed by atoms with E-state index in [1.807, 2.05) is 19.1 Å². The second kappa shape index (κ2) is 10.8. The van der Waals surface area contributed by atoms with Gasteiger partial charge in [-0.15, -0.1) is 0 Å². The zero-order chi connectivity index (χ0) is 29.0. The SMILES string of the molecule is Cc1ccc(N2C(=O)C3Sc4c(sc(=O)n4CC(=O)Nc4ccc(Cl)c(Cl)c4)C(c4ccc(F)cc4)C3C2=O)cc1. The molecule has 1 fully saturated rings. The van der Waals surface area contributed by atoms with Crippen molar-refractivity contribution in [2.45, 2.75) is 29.7 Å². The van der Waals surface area contributed by atoms with E-state index in [-0.39, 0.29) is 17.5 Å². The molecular weight excluding hydrogens is 608 g/mol. The first-order valence-corrected chi connectivity index (χ1v) is 14.9. The van der Waals surface area contributed by atoms with Gasteiger partial charge in [-0.2, -0.15) is 0 Å². The van der Waals surface area contributed by atoms with Crippen LogP contribution in [0.25, 0.3) is 0 Å². The van der Waals surface area contributed by atoms with Crippen LogP contribution in [-0.2, 0) is 20.9 Å². The number of aryl methyl sites for hydroxylation is 1. The molecule has 0 radical (unpaired) electrons. The van der Waals surface area contributed by atoms with Crippen LogP contribution in [0.4, 0.5) is 15.8 Å². The molecule has 41 heavy (non-hydrogen) atoms. The number of imide groups is 1. The average molecular weight is 629 g/mol. The predicted octanol–water partition coefficient (Wildman–Crippen LogP) is 6.10. The van der Waals surface area contributed by atoms with Gasteiger partial charge in [0.1, 0.15) is 17.6 Å². The van der Waals surface area contributed by atoms with Crippen molar-refractivity contribution in [1.29, 1.82) is 0 Å². The molecule has 3 atom stereocenters. The van der Waals surface area contributed by atoms with Crippen LogP contribution >= 0.6 is 46.3 Å². The molecule has 12 heteroatoms. The van der Waals surface area contributed by atoms with Gasteiger partial charge in [-0.25, -0.2) is 9.29 Å². The summed E-state index contributed by atoms with van der Waals surface area (Å²) in [6.45, 7) is 1.59. The van der Waals surface area contributed by atoms with Gasteiger partial charge in [-0.3, -0.25) is 23.7 Å². The molecule has 6 rings (SSSR count). The highest BCUT2D eigenvalue weighted by Gasteiger charge is 2.56. The molecule has 4 aromatic rings. The van der Waals surface area contributed by atoms with Crippen LogP contribution < -0.4 is 15.1 Å². The number of thioether (sulfide) groups is 1. The first kappa shape index (κ1) is 27.7. The molecule has 1 aromatic heterocycles. The fourth-order valence-corrected chi connectivity index (χ4v) is 8.22. The molecule has 208 valence electrons. The van der Waals surface area contributed by atoms with Crippen LogP contribution in [0, 0.1) is 18.7 Å². The van der Waals surface area contributed by atoms with Gasteiger partial charge in [0, 0.05) is 16.5 Å². The summed E-state index contributed by atoms with van der Waals surface area (Å²) >= 11 is 14.1. The molecular formula is C29H20Cl2FN3O4S2. The number of fused-ring (bicyclic) bond motifs is 2. The standard InChI is InChI=1S/C29H20Cl2FN3O4S2/c1-14-2-9-18(10-3-14)35-26(37)23-22(15-4-6-16(32)7-5-15)25-28(40-24(23)27(35)38)34(29(39)41-25)13-21(36)33-17-8-11-19(30)20(31)12-17/h2-12,22-24H,13H2,1H3,(H,33,36). The summed E-state index contributed by atoms with van der Waals surface area (Å²) in [5.74, 6) is -3.22. The van der Waals surface area contributed by atoms with E-state index in [9.17, 15) is 23.6 Å². The van der Waals surface area contributed by atoms with E-state index < -0.39 is 39.6 Å². The van der Waals surface area contributed by atoms with Crippen molar-refractivity contribution in [2.75, 3.05) is 10.2 Å². The minimum atomic E-state index is -0.843. The molecule has 0 spiro atoms. The van der Waals surface area contributed by atoms with Crippen molar-refractivity contribution in [2.24, 2.45) is 5.92 Å². The fourth-order valence-electron chi connectivity index (χ4n) is 5.15. The van der Waals surface area contributed by atoms with E-state index in [4.69, 9.17) is 23.2 Å². The Morgan fingerprint density at radius 2 is 1.66 bits per heavy atom. The third-order valence-electron chi connectivity index (χ3n) is 7.08. The number of hydrogen-bond acceptors (Lipinski definition) is 6. The Kier molecular flexibility index (Phi) is 7.27. The van der Waals surface area contributed by atoms with Crippen LogP contribution in [0.5, 0.6) is 0 Å². The highest BCUT2D eigenvalue weighted by atomic mass is 35.5. The Balaban J connectivity index is 1.40. The highest BCUT2D eigenvalue weighted by Crippen LogP contribution is 2.53. The van der Waals surface area contributed by atoms with Crippen LogP contribution in [0.3, 0.4) is 0 Å². The van der Waals surface area contributed by atoms with Crippen LogP contribution in [-0.4, -0.2) is 27.5 Å². The molecule has 3 amide bonds. The summed E-state index contributed by atoms with van der Waals surface area (Å²) in [4.78, 5) is 55.2. The van der Waals surface area contributed by atoms with Crippen molar-refractivity contribution >= 4 is 75.4 Å². The Morgan fingerprint density at radius 1 is 0.951 bits per heavy atom. The maximum atomic E-state index is 13.9. The number of aromatic nitrogens is 1. The molecule has 7 nitrogen and oxygen atoms in total. The van der Waals surface area contributed by atoms with Gasteiger partial charge in [-0.1, -0.05) is 76.1 Å². The number of carbonyl (C=O) groups is 3. The summed E-state index contributed by atoms with van der Waals surface area (Å²) in [6.07, 6.45) is 0. The number of anilines is 2. The largest absolute Gasteiger partial charge is 0.324 e. The molecule has 2 aliphatic rings. The highest BCUT2D eigenvalue weighted by molar-refractivity contribution is 8.00. The summed E-state index contributed by atoms with van der Waals surface area (Å²) in [7, 11) is 0. The quantitative estimate of drug-likeness (QED) is 0.270. The van der Waals surface area contributed by atoms with E-state index in [1.165, 1.54) is 27.7 Å². The lowest BCUT2D eigenvalue weighted by atomic mass is 9.83. The molecule has 3 unspecified atom stereocenters. The number of thiazole rings is 1. The number of amides is 3. The minimum absolute atomic E-state index is 0.265. The summed E-state index contributed by atoms with van der Waals surface area (Å²) in [5, 5.41) is 2.90. The number of nitrogens with one attached hydrogen (secondary N) is 1. The van der Waals surface area contributed by atoms with Gasteiger partial charge >= 0.3 is 4.87 Å². The fraction of sp³-hybridized carbons (Fsp3) is 0.172. The van der Waals surface area contributed by atoms with Crippen molar-refractivity contribution in [3.05, 3.63) is 108 Å². The average Bonchev–Trinajstić information content (AvgIpc) is 3.38. The molecule has 3 heterocycles. The normalized spacial score (nSPS) is 19.7. The first-order chi connectivity index (χ1) is 19.6. The Morgan fingerprint density at radius 3 is 2.34 bits per heavy atom. The molecule has 1 N–H and O–H groups in total. The van der Waals surface area contributed by atoms with E-state index in [0.29, 0.717) is 31.9 Å². The zero-order valence-corrected chi connectivity index (χ0v) is 24.4. The number of benzene rings is 3. The number of halogens is 3. The molecule has 0 saturated carbocycles. The van der Waals surface area contributed by atoms with Crippen molar-refractivity contribution < 1.29 is 18.8 Å². The number of rotatable bonds is 5. The smallest absolute Gasteiger partial charge is 0.308 e. The van der Waals surface area contributed by atoms with Gasteiger partial charge in [-0.05, 0) is 55.0 Å². The van der Waals surface area contributed by atoms with E-state index in [2.05, 4.69) is 5.32 Å². The number of hydrogen-bond donors (Lipinski definition) is 1. The second-order valence-corrected chi connectivity index (χ2v) is 12.7. The molecule has 1 saturated heterocycles. The second-order valence-electron chi connectivity index (χ2n) is 9.74. The van der Waals surface area contributed by atoms with Gasteiger partial charge in [0.2, 0.25) is 17.7 Å². The van der Waals surface area contributed by atoms with Crippen LogP contribution in [0.1, 0.15) is 21.9 Å². The van der Waals surface area contributed by atoms with Crippen LogP contribution in [0.2, 0.25) is 10.0 Å². The number of carbonyl (C=O) groups excluding carboxylic acids is 3. The first-order valence-electron chi connectivity index (χ1n) is 12.5. The predicted molar refractivity (Wildman–Crippen MR) is 159 cm³/mol. The Labute approximate surface area is 251 Å². The zero-order valence-electron chi connectivity index (χ0n) is 21.3. The summed E-state index contributed by atoms with van der Waals surface area (Å²) in [5.41, 5.74) is 2.45. The van der Waals surface area contributed by atoms with Crippen LogP contribution in [0.15, 0.2) is 76.6 Å². The molecule has 3 aromatic carbocycles. The Hall–Kier alpha value is -3.44. The number of nitrogens with zero attached hydrogens (tertiary/aromatic N) is 2. The maximum Gasteiger partial charge on any atom is 0.308 e. The Bertz CT molecular complexity index is 1770. The van der Waals surface area contributed by atoms with Gasteiger partial charge in [0.05, 0.1) is 26.7 Å². The van der Waals surface area contributed by atoms with Crippen molar-refractivity contribution in [3.8, 4) is 0 Å². The maximum absolute atomic E-state index is 13.9. The lowest BCUT2D eigenvalue weighted by molar-refractivity contribution is -0.122. The van der Waals surface area contributed by atoms with Gasteiger partial charge in [0.15, 0.2) is 0 Å². The van der Waals surface area contributed by atoms with Crippen molar-refractivity contribution in [1.82, 2.24) is 4.57 Å². The molecule has 0 bridgehead atoms. The van der Waals surface area contributed by atoms with E-state index in [0.717, 1.165) is 28.7 Å². The lowest BCUT2D eigenvalue weighted by Crippen LogP contribution is -2.33. The van der Waals surface area contributed by atoms with Gasteiger partial charge in [0.25, 0.3) is 0 Å². The lowest BCUT2D eigenvalue weighted by Gasteiger charge is -2.30. The van der Waals surface area contributed by atoms with Gasteiger partial charge < -0.3 is 5.32 Å². The summed E-state index contributed by atoms with van der Waals surface area (Å²) < 4.78 is 15.2. The molecule has 0 aliphatic carbocycles. The minimum Gasteiger partial charge on any atom is -0.324 e. The van der Waals surface area contributed by atoms with E-state index >= 15 is 0 Å². The van der Waals surface area contributed by atoms with Crippen molar-refractivity contribution in [3.63, 3.8) is 0 Å². The molecule has 2 aliphatic heterocycles. The van der Waals surface area contributed by atoms with E-state index in [1.54, 1.807) is 36.4 Å². The third kappa shape index (κ3) is 4.99. The summed E-state index contributed by atoms with van der Waals surface area (Å²) in [6, 6.07) is 17.4. The topological polar surface area (TPSA) is 88.5 Å².